The Labute approximate surface area is 96.6 Å². The van der Waals surface area contributed by atoms with E-state index in [-0.39, 0.29) is 5.56 Å². The molecule has 0 saturated heterocycles. The summed E-state index contributed by atoms with van der Waals surface area (Å²) in [6.07, 6.45) is -1.16. The molecule has 4 nitrogen and oxygen atoms in total. The highest BCUT2D eigenvalue weighted by molar-refractivity contribution is 5.23. The third-order valence-corrected chi connectivity index (χ3v) is 2.25. The van der Waals surface area contributed by atoms with Crippen LogP contribution in [-0.2, 0) is 13.1 Å². The Morgan fingerprint density at radius 1 is 1.18 bits per heavy atom. The number of alkyl halides is 2. The van der Waals surface area contributed by atoms with Crippen molar-refractivity contribution in [1.29, 1.82) is 0 Å². The van der Waals surface area contributed by atoms with Crippen LogP contribution in [0.2, 0.25) is 0 Å². The molecule has 0 radical (unpaired) electrons. The first-order valence-electron chi connectivity index (χ1n) is 5.08. The lowest BCUT2D eigenvalue weighted by Gasteiger charge is -2.04. The number of hydrogen-bond acceptors (Lipinski definition) is 4. The Morgan fingerprint density at radius 3 is 2.53 bits per heavy atom. The molecule has 0 spiro atoms. The Bertz CT molecular complexity index is 442. The third kappa shape index (κ3) is 3.32. The summed E-state index contributed by atoms with van der Waals surface area (Å²) in [4.78, 5) is 3.85. The molecule has 0 atom stereocenters. The molecule has 2 aromatic rings. The van der Waals surface area contributed by atoms with Gasteiger partial charge in [-0.15, -0.1) is 0 Å². The van der Waals surface area contributed by atoms with Crippen molar-refractivity contribution < 1.29 is 13.3 Å². The van der Waals surface area contributed by atoms with Crippen LogP contribution in [0.5, 0.6) is 0 Å². The maximum Gasteiger partial charge on any atom is 0.263 e. The molecule has 0 aliphatic carbocycles. The highest BCUT2D eigenvalue weighted by atomic mass is 19.3. The van der Waals surface area contributed by atoms with Crippen LogP contribution in [-0.4, -0.2) is 10.1 Å². The molecule has 0 saturated carbocycles. The molecular formula is C11H11F2N3O. The van der Waals surface area contributed by atoms with Gasteiger partial charge in [0, 0.05) is 12.1 Å². The third-order valence-electron chi connectivity index (χ3n) is 2.25. The predicted octanol–water partition coefficient (Wildman–Crippen LogP) is 2.30. The average Bonchev–Trinajstić information content (AvgIpc) is 2.83. The number of nitrogens with one attached hydrogen (secondary N) is 1. The van der Waals surface area contributed by atoms with Crippen molar-refractivity contribution in [2.24, 2.45) is 0 Å². The fourth-order valence-corrected chi connectivity index (χ4v) is 1.37. The molecule has 0 aliphatic heterocycles. The molecule has 0 unspecified atom stereocenters. The average molecular weight is 239 g/mol. The van der Waals surface area contributed by atoms with E-state index >= 15 is 0 Å². The normalized spacial score (nSPS) is 11.0. The zero-order chi connectivity index (χ0) is 12.1. The largest absolute Gasteiger partial charge is 0.343 e. The summed E-state index contributed by atoms with van der Waals surface area (Å²) in [6.45, 7) is 1.05. The minimum absolute atomic E-state index is 0.0342. The van der Waals surface area contributed by atoms with E-state index < -0.39 is 6.43 Å². The fraction of sp³-hybridized carbons (Fsp3) is 0.273. The molecule has 0 aliphatic rings. The lowest BCUT2D eigenvalue weighted by atomic mass is 10.1. The van der Waals surface area contributed by atoms with Crippen molar-refractivity contribution >= 4 is 0 Å². The number of nitrogens with zero attached hydrogens (tertiary/aromatic N) is 2. The van der Waals surface area contributed by atoms with Crippen LogP contribution < -0.4 is 5.32 Å². The van der Waals surface area contributed by atoms with Crippen molar-refractivity contribution in [3.8, 4) is 0 Å². The topological polar surface area (TPSA) is 51.0 Å². The second kappa shape index (κ2) is 5.49. The van der Waals surface area contributed by atoms with Crippen LogP contribution in [0, 0.1) is 0 Å². The monoisotopic (exact) mass is 239 g/mol. The van der Waals surface area contributed by atoms with Crippen LogP contribution in [0.15, 0.2) is 35.2 Å². The van der Waals surface area contributed by atoms with Crippen LogP contribution >= 0.6 is 0 Å². The van der Waals surface area contributed by atoms with Gasteiger partial charge in [0.05, 0.1) is 6.54 Å². The minimum Gasteiger partial charge on any atom is -0.343 e. The Morgan fingerprint density at radius 2 is 1.94 bits per heavy atom. The van der Waals surface area contributed by atoms with Gasteiger partial charge < -0.3 is 9.84 Å². The van der Waals surface area contributed by atoms with Gasteiger partial charge in [0.1, 0.15) is 0 Å². The molecule has 0 amide bonds. The van der Waals surface area contributed by atoms with Crippen LogP contribution in [0.25, 0.3) is 0 Å². The van der Waals surface area contributed by atoms with Gasteiger partial charge in [-0.1, -0.05) is 29.4 Å². The van der Waals surface area contributed by atoms with Crippen LogP contribution in [0.4, 0.5) is 8.78 Å². The number of rotatable bonds is 5. The summed E-state index contributed by atoms with van der Waals surface area (Å²) in [5.41, 5.74) is 0.963. The molecule has 0 fully saturated rings. The number of halogens is 2. The zero-order valence-corrected chi connectivity index (χ0v) is 8.94. The molecule has 1 aromatic heterocycles. The van der Waals surface area contributed by atoms with Crippen molar-refractivity contribution in [3.05, 3.63) is 47.6 Å². The first-order valence-corrected chi connectivity index (χ1v) is 5.08. The summed E-state index contributed by atoms with van der Waals surface area (Å²) in [5.74, 6) is 0.564. The van der Waals surface area contributed by atoms with Gasteiger partial charge in [-0.05, 0) is 5.56 Å². The molecule has 0 bridgehead atoms. The lowest BCUT2D eigenvalue weighted by molar-refractivity contribution is 0.151. The Hall–Kier alpha value is -1.82. The van der Waals surface area contributed by atoms with Gasteiger partial charge in [-0.3, -0.25) is 0 Å². The van der Waals surface area contributed by atoms with Gasteiger partial charge in [0.2, 0.25) is 6.39 Å². The molecular weight excluding hydrogens is 228 g/mol. The molecule has 1 heterocycles. The van der Waals surface area contributed by atoms with E-state index in [4.69, 9.17) is 0 Å². The highest BCUT2D eigenvalue weighted by Crippen LogP contribution is 2.18. The molecule has 2 rings (SSSR count). The molecule has 1 N–H and O–H groups in total. The Balaban J connectivity index is 1.83. The Kier molecular flexibility index (Phi) is 3.77. The maximum absolute atomic E-state index is 12.3. The van der Waals surface area contributed by atoms with Crippen molar-refractivity contribution in [1.82, 2.24) is 15.5 Å². The zero-order valence-electron chi connectivity index (χ0n) is 8.94. The minimum atomic E-state index is -2.42. The summed E-state index contributed by atoms with van der Waals surface area (Å²) in [6, 6.07) is 6.20. The van der Waals surface area contributed by atoms with Gasteiger partial charge in [0.15, 0.2) is 5.82 Å². The summed E-state index contributed by atoms with van der Waals surface area (Å²) < 4.78 is 29.2. The molecule has 1 aromatic carbocycles. The van der Waals surface area contributed by atoms with Crippen LogP contribution in [0.3, 0.4) is 0 Å². The van der Waals surface area contributed by atoms with Crippen molar-refractivity contribution in [3.63, 3.8) is 0 Å². The van der Waals surface area contributed by atoms with Crippen LogP contribution in [0.1, 0.15) is 23.4 Å². The quantitative estimate of drug-likeness (QED) is 0.869. The fourth-order valence-electron chi connectivity index (χ4n) is 1.37. The van der Waals surface area contributed by atoms with E-state index in [9.17, 15) is 8.78 Å². The number of aromatic nitrogens is 2. The molecule has 90 valence electrons. The lowest BCUT2D eigenvalue weighted by Crippen LogP contribution is -2.13. The van der Waals surface area contributed by atoms with Gasteiger partial charge >= 0.3 is 0 Å². The molecule has 17 heavy (non-hydrogen) atoms. The highest BCUT2D eigenvalue weighted by Gasteiger charge is 2.05. The second-order valence-corrected chi connectivity index (χ2v) is 3.49. The smallest absolute Gasteiger partial charge is 0.263 e. The van der Waals surface area contributed by atoms with E-state index in [0.717, 1.165) is 5.56 Å². The summed E-state index contributed by atoms with van der Waals surface area (Å²) in [7, 11) is 0. The van der Waals surface area contributed by atoms with Gasteiger partial charge in [-0.25, -0.2) is 8.78 Å². The van der Waals surface area contributed by atoms with Gasteiger partial charge in [0.25, 0.3) is 6.43 Å². The van der Waals surface area contributed by atoms with E-state index in [1.807, 2.05) is 0 Å². The summed E-state index contributed by atoms with van der Waals surface area (Å²) >= 11 is 0. The SMILES string of the molecule is FC(F)c1ccc(CNCc2ncon2)cc1. The molecule has 6 heteroatoms. The first-order chi connectivity index (χ1) is 8.25. The number of hydrogen-bond donors (Lipinski definition) is 1. The maximum atomic E-state index is 12.3. The van der Waals surface area contributed by atoms with Crippen molar-refractivity contribution in [2.45, 2.75) is 19.5 Å². The standard InChI is InChI=1S/C11H11F2N3O/c12-11(13)9-3-1-8(2-4-9)5-14-6-10-15-7-17-16-10/h1-4,7,11,14H,5-6H2. The van der Waals surface area contributed by atoms with E-state index in [1.165, 1.54) is 18.5 Å². The van der Waals surface area contributed by atoms with E-state index in [1.54, 1.807) is 12.1 Å². The first kappa shape index (κ1) is 11.7. The summed E-state index contributed by atoms with van der Waals surface area (Å²) in [5, 5.41) is 6.72. The van der Waals surface area contributed by atoms with E-state index in [2.05, 4.69) is 20.0 Å². The van der Waals surface area contributed by atoms with Gasteiger partial charge in [-0.2, -0.15) is 4.98 Å². The number of benzene rings is 1. The van der Waals surface area contributed by atoms with Crippen molar-refractivity contribution in [2.75, 3.05) is 0 Å². The second-order valence-electron chi connectivity index (χ2n) is 3.49. The predicted molar refractivity (Wildman–Crippen MR) is 56.2 cm³/mol. The van der Waals surface area contributed by atoms with E-state index in [0.29, 0.717) is 18.9 Å².